The summed E-state index contributed by atoms with van der Waals surface area (Å²) in [6.07, 6.45) is 1.26. The van der Waals surface area contributed by atoms with Crippen LogP contribution in [0.5, 0.6) is 0 Å². The molecule has 0 aliphatic heterocycles. The van der Waals surface area contributed by atoms with Gasteiger partial charge in [-0.3, -0.25) is 0 Å². The summed E-state index contributed by atoms with van der Waals surface area (Å²) in [7, 11) is -0.0888. The third kappa shape index (κ3) is 2.98. The lowest BCUT2D eigenvalue weighted by atomic mass is 10.0. The Labute approximate surface area is 106 Å². The Morgan fingerprint density at radius 3 is 2.35 bits per heavy atom. The van der Waals surface area contributed by atoms with Crippen molar-refractivity contribution >= 4 is 19.6 Å². The van der Waals surface area contributed by atoms with Gasteiger partial charge in [-0.25, -0.2) is 0 Å². The van der Waals surface area contributed by atoms with Crippen molar-refractivity contribution in [3.05, 3.63) is 48.0 Å². The molecule has 0 saturated heterocycles. The van der Waals surface area contributed by atoms with Gasteiger partial charge < -0.3 is 0 Å². The van der Waals surface area contributed by atoms with E-state index in [0.29, 0.717) is 0 Å². The highest BCUT2D eigenvalue weighted by Crippen LogP contribution is 2.21. The molecule has 0 nitrogen and oxygen atoms in total. The molecule has 2 aromatic carbocycles. The maximum atomic E-state index is 2.35. The van der Waals surface area contributed by atoms with E-state index in [4.69, 9.17) is 0 Å². The minimum atomic E-state index is -0.0888. The zero-order valence-electron chi connectivity index (χ0n) is 10.9. The first kappa shape index (κ1) is 12.4. The van der Waals surface area contributed by atoms with Gasteiger partial charge in [0, 0.05) is 8.80 Å². The molecule has 0 aliphatic rings. The van der Waals surface area contributed by atoms with Gasteiger partial charge in [0.05, 0.1) is 0 Å². The number of hydrogen-bond donors (Lipinski definition) is 0. The first-order valence-corrected chi connectivity index (χ1v) is 8.77. The summed E-state index contributed by atoms with van der Waals surface area (Å²) in [4.78, 5) is 0. The molecule has 89 valence electrons. The van der Waals surface area contributed by atoms with E-state index < -0.39 is 0 Å². The lowest BCUT2D eigenvalue weighted by molar-refractivity contribution is 1.09. The maximum Gasteiger partial charge on any atom is 0.0476 e. The van der Waals surface area contributed by atoms with E-state index in [1.807, 2.05) is 0 Å². The molecule has 0 N–H and O–H groups in total. The van der Waals surface area contributed by atoms with Crippen LogP contribution in [0.3, 0.4) is 0 Å². The third-order valence-electron chi connectivity index (χ3n) is 3.63. The van der Waals surface area contributed by atoms with E-state index in [-0.39, 0.29) is 8.80 Å². The zero-order valence-corrected chi connectivity index (χ0v) is 11.9. The van der Waals surface area contributed by atoms with Gasteiger partial charge in [0.2, 0.25) is 0 Å². The van der Waals surface area contributed by atoms with Gasteiger partial charge in [0.25, 0.3) is 0 Å². The first-order valence-electron chi connectivity index (χ1n) is 6.65. The van der Waals surface area contributed by atoms with Crippen LogP contribution in [0.25, 0.3) is 10.8 Å². The average Bonchev–Trinajstić information content (AvgIpc) is 2.40. The lowest BCUT2D eigenvalue weighted by Crippen LogP contribution is -2.09. The number of aryl methyl sites for hydroxylation is 1. The second-order valence-corrected chi connectivity index (χ2v) is 8.01. The number of hydrogen-bond acceptors (Lipinski definition) is 0. The summed E-state index contributed by atoms with van der Waals surface area (Å²) >= 11 is 0. The van der Waals surface area contributed by atoms with Gasteiger partial charge in [0.1, 0.15) is 0 Å². The van der Waals surface area contributed by atoms with Crippen LogP contribution in [0, 0.1) is 0 Å². The minimum absolute atomic E-state index is 0.0888. The van der Waals surface area contributed by atoms with E-state index >= 15 is 0 Å². The molecule has 1 heteroatoms. The second-order valence-electron chi connectivity index (χ2n) is 4.60. The minimum Gasteiger partial charge on any atom is -0.0680 e. The molecule has 2 rings (SSSR count). The predicted octanol–water partition coefficient (Wildman–Crippen LogP) is 4.92. The van der Waals surface area contributed by atoms with Crippen molar-refractivity contribution in [3.63, 3.8) is 0 Å². The highest BCUT2D eigenvalue weighted by Gasteiger charge is 2.07. The van der Waals surface area contributed by atoms with Crippen molar-refractivity contribution in [3.8, 4) is 0 Å². The Kier molecular flexibility index (Phi) is 4.38. The van der Waals surface area contributed by atoms with Crippen LogP contribution in [-0.2, 0) is 6.42 Å². The van der Waals surface area contributed by atoms with Crippen LogP contribution in [0.1, 0.15) is 19.4 Å². The summed E-state index contributed by atoms with van der Waals surface area (Å²) < 4.78 is 0. The lowest BCUT2D eigenvalue weighted by Gasteiger charge is -2.11. The molecule has 17 heavy (non-hydrogen) atoms. The Balaban J connectivity index is 2.18. The van der Waals surface area contributed by atoms with Crippen LogP contribution in [0.4, 0.5) is 0 Å². The van der Waals surface area contributed by atoms with Gasteiger partial charge in [0.15, 0.2) is 0 Å². The number of rotatable bonds is 5. The van der Waals surface area contributed by atoms with E-state index in [1.54, 1.807) is 0 Å². The molecule has 0 aromatic heterocycles. The normalized spacial score (nSPS) is 11.2. The molecular weight excluding hydrogens is 220 g/mol. The van der Waals surface area contributed by atoms with Crippen LogP contribution < -0.4 is 0 Å². The molecule has 0 saturated carbocycles. The molecule has 1 radical (unpaired) electrons. The molecule has 0 fully saturated rings. The van der Waals surface area contributed by atoms with Crippen LogP contribution in [0.2, 0.25) is 18.1 Å². The molecule has 0 amide bonds. The quantitative estimate of drug-likeness (QED) is 0.652. The summed E-state index contributed by atoms with van der Waals surface area (Å²) in [6, 6.07) is 19.7. The second kappa shape index (κ2) is 6.01. The van der Waals surface area contributed by atoms with Crippen molar-refractivity contribution in [2.24, 2.45) is 0 Å². The number of fused-ring (bicyclic) bond motifs is 1. The summed E-state index contributed by atoms with van der Waals surface area (Å²) in [6.45, 7) is 4.70. The largest absolute Gasteiger partial charge is 0.0680 e. The van der Waals surface area contributed by atoms with Gasteiger partial charge in [-0.1, -0.05) is 74.4 Å². The average molecular weight is 241 g/mol. The van der Waals surface area contributed by atoms with E-state index in [2.05, 4.69) is 56.3 Å². The van der Waals surface area contributed by atoms with Crippen LogP contribution in [-0.4, -0.2) is 8.80 Å². The smallest absolute Gasteiger partial charge is 0.0476 e. The third-order valence-corrected chi connectivity index (χ3v) is 6.58. The summed E-state index contributed by atoms with van der Waals surface area (Å²) in [5.74, 6) is 0. The van der Waals surface area contributed by atoms with Crippen molar-refractivity contribution in [1.29, 1.82) is 0 Å². The molecule has 0 spiro atoms. The van der Waals surface area contributed by atoms with Gasteiger partial charge in [-0.2, -0.15) is 0 Å². The Hall–Kier alpha value is -1.08. The Morgan fingerprint density at radius 1 is 0.882 bits per heavy atom. The molecule has 0 aliphatic carbocycles. The zero-order chi connectivity index (χ0) is 12.1. The van der Waals surface area contributed by atoms with E-state index in [1.165, 1.54) is 40.9 Å². The number of benzene rings is 2. The SMILES string of the molecule is CC[Si](CC)CCc1cccc2ccccc12. The molecule has 0 heterocycles. The van der Waals surface area contributed by atoms with Gasteiger partial charge >= 0.3 is 0 Å². The molecule has 0 atom stereocenters. The fourth-order valence-electron chi connectivity index (χ4n) is 2.43. The van der Waals surface area contributed by atoms with Crippen molar-refractivity contribution in [1.82, 2.24) is 0 Å². The van der Waals surface area contributed by atoms with E-state index in [9.17, 15) is 0 Å². The standard InChI is InChI=1S/C16H21Si/c1-3-17(4-2)13-12-15-10-7-9-14-8-5-6-11-16(14)15/h5-11H,3-4,12-13H2,1-2H3. The van der Waals surface area contributed by atoms with Crippen LogP contribution in [0.15, 0.2) is 42.5 Å². The maximum absolute atomic E-state index is 2.35. The molecule has 2 aromatic rings. The summed E-state index contributed by atoms with van der Waals surface area (Å²) in [5.41, 5.74) is 1.53. The molecule has 0 bridgehead atoms. The topological polar surface area (TPSA) is 0 Å². The summed E-state index contributed by atoms with van der Waals surface area (Å²) in [5, 5.41) is 2.83. The van der Waals surface area contributed by atoms with Crippen molar-refractivity contribution in [2.75, 3.05) is 0 Å². The Morgan fingerprint density at radius 2 is 1.59 bits per heavy atom. The predicted molar refractivity (Wildman–Crippen MR) is 79.2 cm³/mol. The molecular formula is C16H21Si. The first-order chi connectivity index (χ1) is 8.35. The highest BCUT2D eigenvalue weighted by atomic mass is 28.3. The Bertz CT molecular complexity index is 466. The fraction of sp³-hybridized carbons (Fsp3) is 0.375. The van der Waals surface area contributed by atoms with Crippen molar-refractivity contribution < 1.29 is 0 Å². The monoisotopic (exact) mass is 241 g/mol. The van der Waals surface area contributed by atoms with Crippen LogP contribution >= 0.6 is 0 Å². The van der Waals surface area contributed by atoms with Gasteiger partial charge in [-0.05, 0) is 22.8 Å². The highest BCUT2D eigenvalue weighted by molar-refractivity contribution is 6.58. The molecule has 0 unspecified atom stereocenters. The fourth-order valence-corrected chi connectivity index (χ4v) is 4.26. The van der Waals surface area contributed by atoms with E-state index in [0.717, 1.165) is 0 Å². The van der Waals surface area contributed by atoms with Crippen molar-refractivity contribution in [2.45, 2.75) is 38.4 Å². The van der Waals surface area contributed by atoms with Gasteiger partial charge in [-0.15, -0.1) is 0 Å².